The Morgan fingerprint density at radius 1 is 1.55 bits per heavy atom. The maximum Gasteiger partial charge on any atom is 0.0162 e. The molecule has 11 heavy (non-hydrogen) atoms. The fourth-order valence-electron chi connectivity index (χ4n) is 2.54. The minimum Gasteiger partial charge on any atom is -0.327 e. The summed E-state index contributed by atoms with van der Waals surface area (Å²) in [6.45, 7) is 3.61. The number of hydrogen-bond donors (Lipinski definition) is 1. The monoisotopic (exact) mass is 154 g/mol. The molecule has 2 N–H and O–H groups in total. The average molecular weight is 154 g/mol. The molecule has 0 spiro atoms. The molecular weight excluding hydrogens is 136 g/mol. The van der Waals surface area contributed by atoms with Crippen LogP contribution in [0.25, 0.3) is 0 Å². The van der Waals surface area contributed by atoms with E-state index >= 15 is 0 Å². The first-order chi connectivity index (χ1) is 5.14. The van der Waals surface area contributed by atoms with Crippen LogP contribution in [0.3, 0.4) is 0 Å². The summed E-state index contributed by atoms with van der Waals surface area (Å²) in [5, 5.41) is 0. The van der Waals surface area contributed by atoms with Crippen LogP contribution in [0.5, 0.6) is 0 Å². The quantitative estimate of drug-likeness (QED) is 0.606. The third-order valence-corrected chi connectivity index (χ3v) is 3.63. The van der Waals surface area contributed by atoms with Crippen molar-refractivity contribution in [3.05, 3.63) is 0 Å². The van der Waals surface area contributed by atoms with Gasteiger partial charge in [0.15, 0.2) is 0 Å². The van der Waals surface area contributed by atoms with E-state index in [4.69, 9.17) is 5.73 Å². The second kappa shape index (κ2) is 2.20. The molecule has 0 aromatic heterocycles. The molecule has 1 unspecified atom stereocenters. The van der Waals surface area contributed by atoms with Crippen LogP contribution >= 0.6 is 0 Å². The summed E-state index contributed by atoms with van der Waals surface area (Å²) < 4.78 is 0. The average Bonchev–Trinajstić information content (AvgIpc) is 2.43. The smallest absolute Gasteiger partial charge is 0.0162 e. The minimum atomic E-state index is 0.464. The maximum absolute atomic E-state index is 5.92. The standard InChI is InChI=1S/C9H18N2/c1-9(6-7(9)10)8-4-3-5-11(8)2/h7-8H,3-6,10H2,1-2H3/t7-,8?,9-/m0/s1. The Labute approximate surface area is 68.7 Å². The normalized spacial score (nSPS) is 51.5. The highest BCUT2D eigenvalue weighted by Crippen LogP contribution is 2.51. The van der Waals surface area contributed by atoms with Crippen molar-refractivity contribution in [2.75, 3.05) is 13.6 Å². The van der Waals surface area contributed by atoms with E-state index in [0.717, 1.165) is 6.04 Å². The van der Waals surface area contributed by atoms with Crippen molar-refractivity contribution in [3.63, 3.8) is 0 Å². The van der Waals surface area contributed by atoms with E-state index in [-0.39, 0.29) is 0 Å². The van der Waals surface area contributed by atoms with Crippen molar-refractivity contribution in [2.24, 2.45) is 11.1 Å². The lowest BCUT2D eigenvalue weighted by atomic mass is 9.96. The Bertz CT molecular complexity index is 169. The van der Waals surface area contributed by atoms with Gasteiger partial charge in [0.2, 0.25) is 0 Å². The Morgan fingerprint density at radius 3 is 2.55 bits per heavy atom. The Balaban J connectivity index is 2.05. The molecule has 0 bridgehead atoms. The van der Waals surface area contributed by atoms with E-state index in [0.29, 0.717) is 11.5 Å². The highest BCUT2D eigenvalue weighted by molar-refractivity contribution is 5.11. The Hall–Kier alpha value is -0.0800. The largest absolute Gasteiger partial charge is 0.327 e. The van der Waals surface area contributed by atoms with Crippen LogP contribution in [-0.4, -0.2) is 30.6 Å². The van der Waals surface area contributed by atoms with Crippen molar-refractivity contribution in [1.82, 2.24) is 4.90 Å². The first kappa shape index (κ1) is 7.56. The molecule has 1 saturated heterocycles. The van der Waals surface area contributed by atoms with Crippen LogP contribution in [0.1, 0.15) is 26.2 Å². The molecule has 2 rings (SSSR count). The summed E-state index contributed by atoms with van der Waals surface area (Å²) in [6, 6.07) is 1.26. The van der Waals surface area contributed by atoms with Gasteiger partial charge in [0, 0.05) is 12.1 Å². The van der Waals surface area contributed by atoms with Gasteiger partial charge < -0.3 is 10.6 Å². The number of nitrogens with zero attached hydrogens (tertiary/aromatic N) is 1. The summed E-state index contributed by atoms with van der Waals surface area (Å²) in [7, 11) is 2.23. The first-order valence-electron chi connectivity index (χ1n) is 4.60. The SMILES string of the molecule is CN1CCCC1[C@@]1(C)C[C@@H]1N. The third kappa shape index (κ3) is 1.00. The van der Waals surface area contributed by atoms with Gasteiger partial charge >= 0.3 is 0 Å². The Morgan fingerprint density at radius 2 is 2.18 bits per heavy atom. The Kier molecular flexibility index (Phi) is 1.52. The van der Waals surface area contributed by atoms with Crippen LogP contribution in [0.4, 0.5) is 0 Å². The lowest BCUT2D eigenvalue weighted by Crippen LogP contribution is -2.35. The number of likely N-dealkylation sites (tertiary alicyclic amines) is 1. The van der Waals surface area contributed by atoms with Crippen LogP contribution in [-0.2, 0) is 0 Å². The van der Waals surface area contributed by atoms with Crippen molar-refractivity contribution < 1.29 is 0 Å². The molecule has 1 aliphatic heterocycles. The molecule has 2 heteroatoms. The van der Waals surface area contributed by atoms with E-state index in [9.17, 15) is 0 Å². The molecule has 0 aromatic carbocycles. The molecule has 1 aliphatic carbocycles. The fraction of sp³-hybridized carbons (Fsp3) is 1.00. The summed E-state index contributed by atoms with van der Waals surface area (Å²) in [5.41, 5.74) is 6.38. The van der Waals surface area contributed by atoms with E-state index in [1.54, 1.807) is 0 Å². The lowest BCUT2D eigenvalue weighted by Gasteiger charge is -2.26. The zero-order valence-electron chi connectivity index (χ0n) is 7.51. The van der Waals surface area contributed by atoms with Gasteiger partial charge in [-0.15, -0.1) is 0 Å². The van der Waals surface area contributed by atoms with Crippen molar-refractivity contribution in [2.45, 2.75) is 38.3 Å². The number of nitrogens with two attached hydrogens (primary N) is 1. The lowest BCUT2D eigenvalue weighted by molar-refractivity contribution is 0.218. The molecule has 2 fully saturated rings. The number of hydrogen-bond acceptors (Lipinski definition) is 2. The van der Waals surface area contributed by atoms with Crippen LogP contribution in [0, 0.1) is 5.41 Å². The van der Waals surface area contributed by atoms with Gasteiger partial charge in [0.1, 0.15) is 0 Å². The molecule has 64 valence electrons. The van der Waals surface area contributed by atoms with Gasteiger partial charge in [-0.2, -0.15) is 0 Å². The molecule has 2 nitrogen and oxygen atoms in total. The summed E-state index contributed by atoms with van der Waals surface area (Å²) in [4.78, 5) is 2.48. The van der Waals surface area contributed by atoms with Crippen molar-refractivity contribution >= 4 is 0 Å². The van der Waals surface area contributed by atoms with E-state index < -0.39 is 0 Å². The van der Waals surface area contributed by atoms with Gasteiger partial charge in [-0.3, -0.25) is 0 Å². The van der Waals surface area contributed by atoms with Gasteiger partial charge in [0.05, 0.1) is 0 Å². The zero-order valence-corrected chi connectivity index (χ0v) is 7.51. The van der Waals surface area contributed by atoms with Crippen LogP contribution in [0.2, 0.25) is 0 Å². The molecular formula is C9H18N2. The second-order valence-electron chi connectivity index (χ2n) is 4.46. The third-order valence-electron chi connectivity index (χ3n) is 3.63. The van der Waals surface area contributed by atoms with Crippen molar-refractivity contribution in [3.8, 4) is 0 Å². The zero-order chi connectivity index (χ0) is 8.06. The predicted molar refractivity (Wildman–Crippen MR) is 46.4 cm³/mol. The molecule has 1 heterocycles. The molecule has 0 amide bonds. The second-order valence-corrected chi connectivity index (χ2v) is 4.46. The summed E-state index contributed by atoms with van der Waals surface area (Å²) >= 11 is 0. The first-order valence-corrected chi connectivity index (χ1v) is 4.60. The summed E-state index contributed by atoms with van der Waals surface area (Å²) in [6.07, 6.45) is 3.96. The van der Waals surface area contributed by atoms with Gasteiger partial charge in [-0.1, -0.05) is 6.92 Å². The maximum atomic E-state index is 5.92. The van der Waals surface area contributed by atoms with Crippen LogP contribution < -0.4 is 5.73 Å². The molecule has 1 saturated carbocycles. The summed E-state index contributed by atoms with van der Waals surface area (Å²) in [5.74, 6) is 0. The highest BCUT2D eigenvalue weighted by Gasteiger charge is 2.54. The van der Waals surface area contributed by atoms with E-state index in [1.807, 2.05) is 0 Å². The number of rotatable bonds is 1. The van der Waals surface area contributed by atoms with E-state index in [2.05, 4.69) is 18.9 Å². The van der Waals surface area contributed by atoms with E-state index in [1.165, 1.54) is 25.8 Å². The molecule has 0 aromatic rings. The van der Waals surface area contributed by atoms with Crippen molar-refractivity contribution in [1.29, 1.82) is 0 Å². The topological polar surface area (TPSA) is 29.3 Å². The fourth-order valence-corrected chi connectivity index (χ4v) is 2.54. The molecule has 3 atom stereocenters. The van der Waals surface area contributed by atoms with Gasteiger partial charge in [0.25, 0.3) is 0 Å². The van der Waals surface area contributed by atoms with Crippen LogP contribution in [0.15, 0.2) is 0 Å². The van der Waals surface area contributed by atoms with Gasteiger partial charge in [-0.25, -0.2) is 0 Å². The van der Waals surface area contributed by atoms with Gasteiger partial charge in [-0.05, 0) is 38.3 Å². The highest BCUT2D eigenvalue weighted by atomic mass is 15.2. The molecule has 0 radical (unpaired) electrons. The predicted octanol–water partition coefficient (Wildman–Crippen LogP) is 0.818. The molecule has 2 aliphatic rings. The minimum absolute atomic E-state index is 0.464.